The lowest BCUT2D eigenvalue weighted by molar-refractivity contribution is 1.03. The van der Waals surface area contributed by atoms with Crippen molar-refractivity contribution in [3.63, 3.8) is 0 Å². The zero-order valence-electron chi connectivity index (χ0n) is 5.41. The average molecular weight is 131 g/mol. The maximum Gasteiger partial charge on any atom is 0.0634 e. The molecule has 0 saturated carbocycles. The monoisotopic (exact) mass is 131 g/mol. The van der Waals surface area contributed by atoms with Gasteiger partial charge in [0.2, 0.25) is 0 Å². The molecule has 0 amide bonds. The Morgan fingerprint density at radius 2 is 2.10 bits per heavy atom. The van der Waals surface area contributed by atoms with E-state index in [0.29, 0.717) is 0 Å². The molecule has 1 aliphatic heterocycles. The Labute approximate surface area is 59.5 Å². The number of nitrogens with one attached hydrogen (secondary N) is 1. The molecule has 0 atom stereocenters. The Bertz CT molecular complexity index is 266. The van der Waals surface area contributed by atoms with Crippen LogP contribution in [-0.2, 0) is 0 Å². The maximum absolute atomic E-state index is 3.89. The molecule has 0 fully saturated rings. The summed E-state index contributed by atoms with van der Waals surface area (Å²) in [7, 11) is 0. The zero-order valence-corrected chi connectivity index (χ0v) is 5.41. The number of anilines is 1. The predicted octanol–water partition coefficient (Wildman–Crippen LogP) is 1.60. The third kappa shape index (κ3) is 0.739. The molecule has 2 heteroatoms. The van der Waals surface area contributed by atoms with Gasteiger partial charge in [-0.25, -0.2) is 0 Å². The van der Waals surface area contributed by atoms with E-state index in [1.165, 1.54) is 5.56 Å². The molecule has 1 radical (unpaired) electrons. The smallest absolute Gasteiger partial charge is 0.0634 e. The van der Waals surface area contributed by atoms with Gasteiger partial charge in [-0.1, -0.05) is 18.2 Å². The van der Waals surface area contributed by atoms with Gasteiger partial charge in [0.1, 0.15) is 0 Å². The summed E-state index contributed by atoms with van der Waals surface area (Å²) >= 11 is 0. The topological polar surface area (TPSA) is 26.1 Å². The number of para-hydroxylation sites is 1. The van der Waals surface area contributed by atoms with Crippen LogP contribution in [0.1, 0.15) is 5.56 Å². The Morgan fingerprint density at radius 3 is 3.00 bits per heavy atom. The highest BCUT2D eigenvalue weighted by Gasteiger charge is 1.99. The van der Waals surface area contributed by atoms with Crippen molar-refractivity contribution in [2.75, 3.05) is 5.43 Å². The highest BCUT2D eigenvalue weighted by Crippen LogP contribution is 2.17. The minimum Gasteiger partial charge on any atom is -0.278 e. The van der Waals surface area contributed by atoms with Crippen LogP contribution in [-0.4, -0.2) is 0 Å². The van der Waals surface area contributed by atoms with E-state index in [1.807, 2.05) is 30.3 Å². The van der Waals surface area contributed by atoms with Crippen LogP contribution < -0.4 is 10.9 Å². The summed E-state index contributed by atoms with van der Waals surface area (Å²) in [5.74, 6) is 0. The van der Waals surface area contributed by atoms with Crippen molar-refractivity contribution in [2.24, 2.45) is 0 Å². The normalized spacial score (nSPS) is 13.2. The van der Waals surface area contributed by atoms with Crippen LogP contribution in [0, 0.1) is 0 Å². The van der Waals surface area contributed by atoms with Crippen LogP contribution in [0.2, 0.25) is 0 Å². The maximum atomic E-state index is 3.89. The van der Waals surface area contributed by atoms with Crippen LogP contribution in [0.25, 0.3) is 6.08 Å². The summed E-state index contributed by atoms with van der Waals surface area (Å²) in [6, 6.07) is 8.05. The van der Waals surface area contributed by atoms with Gasteiger partial charge in [0.25, 0.3) is 0 Å². The Balaban J connectivity index is 2.54. The first-order chi connectivity index (χ1) is 4.97. The van der Waals surface area contributed by atoms with Crippen molar-refractivity contribution >= 4 is 11.8 Å². The van der Waals surface area contributed by atoms with Gasteiger partial charge < -0.3 is 0 Å². The highest BCUT2D eigenvalue weighted by atomic mass is 15.3. The molecular weight excluding hydrogens is 124 g/mol. The fourth-order valence-corrected chi connectivity index (χ4v) is 0.969. The van der Waals surface area contributed by atoms with Gasteiger partial charge in [-0.15, -0.1) is 0 Å². The zero-order chi connectivity index (χ0) is 6.81. The average Bonchev–Trinajstić information content (AvgIpc) is 2.05. The third-order valence-electron chi connectivity index (χ3n) is 1.47. The summed E-state index contributed by atoms with van der Waals surface area (Å²) < 4.78 is 0. The first-order valence-corrected chi connectivity index (χ1v) is 3.18. The first kappa shape index (κ1) is 5.35. The molecule has 1 aromatic carbocycles. The Morgan fingerprint density at radius 1 is 1.20 bits per heavy atom. The van der Waals surface area contributed by atoms with Crippen LogP contribution in [0.3, 0.4) is 0 Å². The quantitative estimate of drug-likeness (QED) is 0.568. The largest absolute Gasteiger partial charge is 0.278 e. The van der Waals surface area contributed by atoms with Crippen molar-refractivity contribution in [3.8, 4) is 0 Å². The van der Waals surface area contributed by atoms with E-state index < -0.39 is 0 Å². The van der Waals surface area contributed by atoms with E-state index in [-0.39, 0.29) is 0 Å². The van der Waals surface area contributed by atoms with Crippen molar-refractivity contribution in [1.82, 2.24) is 5.43 Å². The van der Waals surface area contributed by atoms with Crippen LogP contribution in [0.4, 0.5) is 5.69 Å². The Kier molecular flexibility index (Phi) is 1.10. The van der Waals surface area contributed by atoms with Crippen molar-refractivity contribution in [3.05, 3.63) is 36.0 Å². The molecular formula is C8H7N2. The number of fused-ring (bicyclic) bond motifs is 1. The van der Waals surface area contributed by atoms with Crippen LogP contribution in [0.15, 0.2) is 30.5 Å². The van der Waals surface area contributed by atoms with E-state index >= 15 is 0 Å². The van der Waals surface area contributed by atoms with E-state index in [4.69, 9.17) is 0 Å². The van der Waals surface area contributed by atoms with Gasteiger partial charge in [-0.05, 0) is 12.1 Å². The van der Waals surface area contributed by atoms with Gasteiger partial charge in [0.05, 0.1) is 5.69 Å². The lowest BCUT2D eigenvalue weighted by Crippen LogP contribution is -2.10. The van der Waals surface area contributed by atoms with Gasteiger partial charge in [-0.2, -0.15) is 5.43 Å². The fraction of sp³-hybridized carbons (Fsp3) is 0. The van der Waals surface area contributed by atoms with Crippen molar-refractivity contribution in [1.29, 1.82) is 0 Å². The summed E-state index contributed by atoms with van der Waals surface area (Å²) in [6.45, 7) is 0. The number of hydrogen-bond donors (Lipinski definition) is 1. The molecule has 0 saturated heterocycles. The van der Waals surface area contributed by atoms with Gasteiger partial charge in [0.15, 0.2) is 0 Å². The molecule has 2 rings (SSSR count). The molecule has 1 aromatic rings. The summed E-state index contributed by atoms with van der Waals surface area (Å²) in [6.07, 6.45) is 3.73. The lowest BCUT2D eigenvalue weighted by atomic mass is 10.1. The van der Waals surface area contributed by atoms with E-state index in [0.717, 1.165) is 5.69 Å². The molecule has 0 spiro atoms. The minimum absolute atomic E-state index is 1.07. The van der Waals surface area contributed by atoms with Crippen molar-refractivity contribution in [2.45, 2.75) is 0 Å². The number of hydrogen-bond acceptors (Lipinski definition) is 1. The molecule has 0 unspecified atom stereocenters. The molecule has 1 N–H and O–H groups in total. The first-order valence-electron chi connectivity index (χ1n) is 3.18. The molecule has 10 heavy (non-hydrogen) atoms. The minimum atomic E-state index is 1.07. The number of benzene rings is 1. The second-order valence-electron chi connectivity index (χ2n) is 2.14. The molecule has 2 nitrogen and oxygen atoms in total. The second-order valence-corrected chi connectivity index (χ2v) is 2.14. The van der Waals surface area contributed by atoms with E-state index in [2.05, 4.69) is 10.9 Å². The predicted molar refractivity (Wildman–Crippen MR) is 41.2 cm³/mol. The molecule has 0 aromatic heterocycles. The molecule has 1 heterocycles. The van der Waals surface area contributed by atoms with E-state index in [9.17, 15) is 0 Å². The van der Waals surface area contributed by atoms with Gasteiger partial charge in [0, 0.05) is 11.8 Å². The Hall–Kier alpha value is -1.44. The fourth-order valence-electron chi connectivity index (χ4n) is 0.969. The summed E-state index contributed by atoms with van der Waals surface area (Å²) in [5.41, 5.74) is 9.05. The lowest BCUT2D eigenvalue weighted by Gasteiger charge is -2.10. The molecule has 0 bridgehead atoms. The highest BCUT2D eigenvalue weighted by molar-refractivity contribution is 5.68. The van der Waals surface area contributed by atoms with E-state index in [1.54, 1.807) is 6.20 Å². The standard InChI is InChI=1S/C8H7N2/c1-2-4-8-7(3-1)5-6-9-10-8/h1-6,10H. The number of rotatable bonds is 0. The molecule has 0 aliphatic carbocycles. The van der Waals surface area contributed by atoms with Gasteiger partial charge in [-0.3, -0.25) is 5.43 Å². The summed E-state index contributed by atoms with van der Waals surface area (Å²) in [4.78, 5) is 0. The van der Waals surface area contributed by atoms with Gasteiger partial charge >= 0.3 is 0 Å². The van der Waals surface area contributed by atoms with Crippen LogP contribution >= 0.6 is 0 Å². The second kappa shape index (κ2) is 2.06. The number of nitrogens with zero attached hydrogens (tertiary/aromatic N) is 1. The third-order valence-corrected chi connectivity index (χ3v) is 1.47. The molecule has 49 valence electrons. The summed E-state index contributed by atoms with van der Waals surface area (Å²) in [5, 5.41) is 0. The molecule has 1 aliphatic rings. The van der Waals surface area contributed by atoms with Crippen molar-refractivity contribution < 1.29 is 0 Å². The van der Waals surface area contributed by atoms with Crippen LogP contribution in [0.5, 0.6) is 0 Å². The SMILES string of the molecule is C1=Cc2ccccc2N[N]1.